The van der Waals surface area contributed by atoms with Crippen LogP contribution in [0.25, 0.3) is 11.5 Å². The third kappa shape index (κ3) is 4.16. The Morgan fingerprint density at radius 2 is 1.77 bits per heavy atom. The molecule has 1 N–H and O–H groups in total. The number of benzene rings is 2. The maximum Gasteiger partial charge on any atom is 0.322 e. The van der Waals surface area contributed by atoms with Crippen molar-refractivity contribution in [3.05, 3.63) is 59.9 Å². The molecule has 0 spiro atoms. The first-order valence-corrected chi connectivity index (χ1v) is 10.6. The molecule has 1 amide bonds. The molecule has 1 aromatic heterocycles. The van der Waals surface area contributed by atoms with Gasteiger partial charge in [-0.3, -0.25) is 10.1 Å². The summed E-state index contributed by atoms with van der Waals surface area (Å²) in [5.41, 5.74) is -0.157. The van der Waals surface area contributed by atoms with Crippen LogP contribution in [-0.2, 0) is 14.8 Å². The number of aromatic nitrogens is 2. The van der Waals surface area contributed by atoms with Crippen molar-refractivity contribution in [3.63, 3.8) is 0 Å². The van der Waals surface area contributed by atoms with Crippen molar-refractivity contribution in [2.24, 2.45) is 0 Å². The van der Waals surface area contributed by atoms with Gasteiger partial charge in [0.05, 0.1) is 10.5 Å². The van der Waals surface area contributed by atoms with Crippen LogP contribution < -0.4 is 5.32 Å². The second kappa shape index (κ2) is 8.12. The number of rotatable bonds is 5. The van der Waals surface area contributed by atoms with Gasteiger partial charge in [0, 0.05) is 12.6 Å². The molecule has 0 aliphatic carbocycles. The molecule has 1 saturated heterocycles. The summed E-state index contributed by atoms with van der Waals surface area (Å²) in [5.74, 6) is -3.28. The van der Waals surface area contributed by atoms with Crippen LogP contribution in [0.3, 0.4) is 0 Å². The Bertz CT molecular complexity index is 1230. The van der Waals surface area contributed by atoms with Gasteiger partial charge < -0.3 is 4.42 Å². The molecule has 0 radical (unpaired) electrons. The quantitative estimate of drug-likeness (QED) is 0.638. The Morgan fingerprint density at radius 1 is 1.06 bits per heavy atom. The van der Waals surface area contributed by atoms with Crippen molar-refractivity contribution in [1.29, 1.82) is 0 Å². The zero-order chi connectivity index (χ0) is 22.2. The molecule has 162 valence electrons. The maximum atomic E-state index is 13.9. The highest BCUT2D eigenvalue weighted by atomic mass is 32.2. The predicted octanol–water partition coefficient (Wildman–Crippen LogP) is 2.95. The average Bonchev–Trinajstić information content (AvgIpc) is 3.38. The van der Waals surface area contributed by atoms with Crippen LogP contribution in [0.2, 0.25) is 0 Å². The van der Waals surface area contributed by atoms with Crippen LogP contribution in [0.15, 0.2) is 51.8 Å². The minimum atomic E-state index is -4.04. The highest BCUT2D eigenvalue weighted by molar-refractivity contribution is 7.89. The number of carbonyl (C=O) groups is 1. The predicted molar refractivity (Wildman–Crippen MR) is 102 cm³/mol. The van der Waals surface area contributed by atoms with Crippen LogP contribution in [0.5, 0.6) is 0 Å². The van der Waals surface area contributed by atoms with E-state index < -0.39 is 39.4 Å². The number of nitrogens with one attached hydrogen (secondary N) is 1. The van der Waals surface area contributed by atoms with E-state index in [0.717, 1.165) is 40.7 Å². The lowest BCUT2D eigenvalue weighted by molar-refractivity contribution is -0.119. The van der Waals surface area contributed by atoms with Crippen molar-refractivity contribution in [3.8, 4) is 11.5 Å². The average molecular weight is 452 g/mol. The molecule has 8 nitrogen and oxygen atoms in total. The number of carbonyl (C=O) groups excluding carboxylic acids is 1. The van der Waals surface area contributed by atoms with E-state index in [-0.39, 0.29) is 35.3 Å². The summed E-state index contributed by atoms with van der Waals surface area (Å²) in [7, 11) is -4.04. The molecule has 2 aromatic carbocycles. The molecule has 0 saturated carbocycles. The van der Waals surface area contributed by atoms with E-state index in [4.69, 9.17) is 4.42 Å². The Morgan fingerprint density at radius 3 is 2.48 bits per heavy atom. The van der Waals surface area contributed by atoms with Gasteiger partial charge in [0.2, 0.25) is 15.9 Å². The second-order valence-corrected chi connectivity index (χ2v) is 8.64. The summed E-state index contributed by atoms with van der Waals surface area (Å²) in [4.78, 5) is 12.5. The minimum Gasteiger partial charge on any atom is -0.403 e. The summed E-state index contributed by atoms with van der Waals surface area (Å²) in [6, 6.07) is 5.64. The molecular weight excluding hydrogens is 437 g/mol. The molecule has 0 bridgehead atoms. The lowest BCUT2D eigenvalue weighted by Crippen LogP contribution is -2.43. The summed E-state index contributed by atoms with van der Waals surface area (Å²) in [5, 5.41) is 9.55. The zero-order valence-electron chi connectivity index (χ0n) is 15.8. The van der Waals surface area contributed by atoms with E-state index in [1.165, 1.54) is 0 Å². The van der Waals surface area contributed by atoms with Crippen LogP contribution in [0.1, 0.15) is 12.8 Å². The van der Waals surface area contributed by atoms with Crippen LogP contribution in [0.4, 0.5) is 19.2 Å². The summed E-state index contributed by atoms with van der Waals surface area (Å²) in [6.45, 7) is 0.105. The molecule has 3 aromatic rings. The first kappa shape index (κ1) is 21.0. The van der Waals surface area contributed by atoms with Crippen LogP contribution in [-0.4, -0.2) is 41.4 Å². The van der Waals surface area contributed by atoms with E-state index in [1.54, 1.807) is 0 Å². The Balaban J connectivity index is 1.52. The van der Waals surface area contributed by atoms with E-state index >= 15 is 0 Å². The molecule has 1 unspecified atom stereocenters. The fraction of sp³-hybridized carbons (Fsp3) is 0.211. The SMILES string of the molecule is O=C(Nc1nnc(-c2ccc(F)cc2F)o1)C1CCCN1S(=O)(=O)c1ccc(F)cc1. The van der Waals surface area contributed by atoms with Gasteiger partial charge in [-0.05, 0) is 49.2 Å². The van der Waals surface area contributed by atoms with Crippen molar-refractivity contribution in [1.82, 2.24) is 14.5 Å². The van der Waals surface area contributed by atoms with E-state index in [9.17, 15) is 26.4 Å². The lowest BCUT2D eigenvalue weighted by atomic mass is 10.2. The fourth-order valence-electron chi connectivity index (χ4n) is 3.27. The normalized spacial score (nSPS) is 17.1. The van der Waals surface area contributed by atoms with Gasteiger partial charge in [-0.1, -0.05) is 5.10 Å². The van der Waals surface area contributed by atoms with Gasteiger partial charge in [-0.2, -0.15) is 4.31 Å². The third-order valence-electron chi connectivity index (χ3n) is 4.74. The Hall–Kier alpha value is -3.25. The van der Waals surface area contributed by atoms with Crippen molar-refractivity contribution in [2.75, 3.05) is 11.9 Å². The Labute approximate surface area is 174 Å². The molecular formula is C19H15F3N4O4S. The smallest absolute Gasteiger partial charge is 0.322 e. The standard InChI is InChI=1S/C19H15F3N4O4S/c20-11-3-6-13(7-4-11)31(28,29)26-9-1-2-16(26)17(27)23-19-25-24-18(30-19)14-8-5-12(21)10-15(14)22/h3-8,10,16H,1-2,9H2,(H,23,25,27). The van der Waals surface area contributed by atoms with Crippen molar-refractivity contribution < 1.29 is 30.8 Å². The molecule has 2 heterocycles. The highest BCUT2D eigenvalue weighted by Gasteiger charge is 2.40. The third-order valence-corrected chi connectivity index (χ3v) is 6.67. The van der Waals surface area contributed by atoms with Crippen molar-refractivity contribution in [2.45, 2.75) is 23.8 Å². The van der Waals surface area contributed by atoms with E-state index in [1.807, 2.05) is 0 Å². The molecule has 1 atom stereocenters. The largest absolute Gasteiger partial charge is 0.403 e. The van der Waals surface area contributed by atoms with Crippen LogP contribution in [0, 0.1) is 17.5 Å². The molecule has 31 heavy (non-hydrogen) atoms. The van der Waals surface area contributed by atoms with Gasteiger partial charge >= 0.3 is 6.01 Å². The lowest BCUT2D eigenvalue weighted by Gasteiger charge is -2.22. The first-order valence-electron chi connectivity index (χ1n) is 9.13. The summed E-state index contributed by atoms with van der Waals surface area (Å²) < 4.78 is 72.0. The van der Waals surface area contributed by atoms with Gasteiger partial charge in [-0.25, -0.2) is 21.6 Å². The summed E-state index contributed by atoms with van der Waals surface area (Å²) >= 11 is 0. The van der Waals surface area contributed by atoms with Gasteiger partial charge in [0.15, 0.2) is 0 Å². The first-order chi connectivity index (χ1) is 14.8. The number of amides is 1. The monoisotopic (exact) mass is 452 g/mol. The number of hydrogen-bond acceptors (Lipinski definition) is 6. The molecule has 12 heteroatoms. The highest BCUT2D eigenvalue weighted by Crippen LogP contribution is 2.28. The van der Waals surface area contributed by atoms with Crippen LogP contribution >= 0.6 is 0 Å². The summed E-state index contributed by atoms with van der Waals surface area (Å²) in [6.07, 6.45) is 0.689. The number of nitrogens with zero attached hydrogens (tertiary/aromatic N) is 3. The van der Waals surface area contributed by atoms with Gasteiger partial charge in [0.1, 0.15) is 23.5 Å². The second-order valence-electron chi connectivity index (χ2n) is 6.75. The maximum absolute atomic E-state index is 13.9. The molecule has 1 aliphatic rings. The zero-order valence-corrected chi connectivity index (χ0v) is 16.6. The number of sulfonamides is 1. The Kier molecular flexibility index (Phi) is 5.50. The minimum absolute atomic E-state index is 0.105. The number of hydrogen-bond donors (Lipinski definition) is 1. The van der Waals surface area contributed by atoms with E-state index in [2.05, 4.69) is 15.5 Å². The number of anilines is 1. The van der Waals surface area contributed by atoms with Gasteiger partial charge in [0.25, 0.3) is 5.89 Å². The molecule has 1 fully saturated rings. The van der Waals surface area contributed by atoms with Crippen molar-refractivity contribution >= 4 is 21.9 Å². The topological polar surface area (TPSA) is 105 Å². The fourth-order valence-corrected chi connectivity index (χ4v) is 4.92. The van der Waals surface area contributed by atoms with E-state index in [0.29, 0.717) is 12.5 Å². The van der Waals surface area contributed by atoms with Gasteiger partial charge in [-0.15, -0.1) is 5.10 Å². The molecule has 4 rings (SSSR count). The number of halogens is 3. The molecule has 1 aliphatic heterocycles.